The molecule has 0 aliphatic carbocycles. The first-order valence-electron chi connectivity index (χ1n) is 6.45. The van der Waals surface area contributed by atoms with Crippen LogP contribution in [0.5, 0.6) is 11.5 Å². The van der Waals surface area contributed by atoms with Crippen molar-refractivity contribution in [3.63, 3.8) is 0 Å². The second-order valence-corrected chi connectivity index (χ2v) is 6.61. The van der Waals surface area contributed by atoms with Crippen LogP contribution in [0.3, 0.4) is 0 Å². The van der Waals surface area contributed by atoms with Crippen LogP contribution in [0.15, 0.2) is 32.5 Å². The van der Waals surface area contributed by atoms with Crippen molar-refractivity contribution >= 4 is 49.0 Å². The van der Waals surface area contributed by atoms with E-state index in [9.17, 15) is 4.79 Å². The van der Waals surface area contributed by atoms with Crippen LogP contribution in [0.25, 0.3) is 0 Å². The van der Waals surface area contributed by atoms with E-state index in [4.69, 9.17) is 9.47 Å². The summed E-state index contributed by atoms with van der Waals surface area (Å²) in [5.41, 5.74) is 0.581. The van der Waals surface area contributed by atoms with E-state index in [0.717, 1.165) is 8.95 Å². The highest BCUT2D eigenvalue weighted by Crippen LogP contribution is 2.35. The van der Waals surface area contributed by atoms with Gasteiger partial charge in [0.05, 0.1) is 22.6 Å². The predicted octanol–water partition coefficient (Wildman–Crippen LogP) is 5.30. The van der Waals surface area contributed by atoms with Crippen molar-refractivity contribution in [2.75, 3.05) is 13.2 Å². The number of ether oxygens (including phenoxy) is 2. The van der Waals surface area contributed by atoms with Crippen molar-refractivity contribution in [2.45, 2.75) is 13.8 Å². The highest BCUT2D eigenvalue weighted by Gasteiger charge is 2.18. The maximum absolute atomic E-state index is 12.6. The third kappa shape index (κ3) is 3.67. The van der Waals surface area contributed by atoms with Crippen LogP contribution < -0.4 is 9.47 Å². The monoisotopic (exact) mass is 432 g/mol. The van der Waals surface area contributed by atoms with Gasteiger partial charge in [0.25, 0.3) is 0 Å². The molecule has 21 heavy (non-hydrogen) atoms. The normalized spacial score (nSPS) is 10.5. The van der Waals surface area contributed by atoms with Crippen LogP contribution in [0, 0.1) is 0 Å². The molecule has 6 heteroatoms. The molecular weight excluding hydrogens is 420 g/mol. The Morgan fingerprint density at radius 3 is 2.38 bits per heavy atom. The zero-order valence-corrected chi connectivity index (χ0v) is 15.6. The van der Waals surface area contributed by atoms with Gasteiger partial charge in [-0.25, -0.2) is 0 Å². The van der Waals surface area contributed by atoms with E-state index in [1.807, 2.05) is 19.2 Å². The average molecular weight is 434 g/mol. The first-order valence-corrected chi connectivity index (χ1v) is 8.91. The fourth-order valence-corrected chi connectivity index (χ4v) is 3.91. The molecular formula is C15H14Br2O3S. The molecule has 0 radical (unpaired) electrons. The lowest BCUT2D eigenvalue weighted by Gasteiger charge is -2.11. The second kappa shape index (κ2) is 7.42. The van der Waals surface area contributed by atoms with Gasteiger partial charge in [-0.05, 0) is 63.9 Å². The largest absolute Gasteiger partial charge is 0.490 e. The van der Waals surface area contributed by atoms with E-state index < -0.39 is 0 Å². The maximum atomic E-state index is 12.6. The average Bonchev–Trinajstić information content (AvgIpc) is 2.81. The molecule has 0 amide bonds. The van der Waals surface area contributed by atoms with E-state index >= 15 is 0 Å². The number of rotatable bonds is 6. The Balaban J connectivity index is 2.37. The van der Waals surface area contributed by atoms with Crippen LogP contribution in [-0.2, 0) is 0 Å². The fourth-order valence-electron chi connectivity index (χ4n) is 1.80. The van der Waals surface area contributed by atoms with Crippen molar-refractivity contribution in [3.05, 3.63) is 43.0 Å². The minimum absolute atomic E-state index is 0.0402. The third-order valence-corrected chi connectivity index (χ3v) is 6.23. The minimum atomic E-state index is -0.0402. The molecule has 0 saturated heterocycles. The number of hydrogen-bond donors (Lipinski definition) is 0. The summed E-state index contributed by atoms with van der Waals surface area (Å²) in [6.45, 7) is 4.88. The molecule has 0 bridgehead atoms. The zero-order valence-electron chi connectivity index (χ0n) is 11.6. The molecule has 2 rings (SSSR count). The fraction of sp³-hybridized carbons (Fsp3) is 0.267. The standard InChI is InChI=1S/C15H14Br2O3S/c1-3-19-11-6-5-9(7-12(11)20-4-2)14(18)15-13(17)10(16)8-21-15/h5-8H,3-4H2,1-2H3. The third-order valence-electron chi connectivity index (χ3n) is 2.70. The summed E-state index contributed by atoms with van der Waals surface area (Å²) in [6.07, 6.45) is 0. The molecule has 0 saturated carbocycles. The predicted molar refractivity (Wildman–Crippen MR) is 91.9 cm³/mol. The van der Waals surface area contributed by atoms with Crippen molar-refractivity contribution < 1.29 is 14.3 Å². The first kappa shape index (κ1) is 16.5. The van der Waals surface area contributed by atoms with Gasteiger partial charge in [0.2, 0.25) is 5.78 Å². The van der Waals surface area contributed by atoms with Gasteiger partial charge in [0.1, 0.15) is 0 Å². The van der Waals surface area contributed by atoms with Crippen molar-refractivity contribution in [1.82, 2.24) is 0 Å². The summed E-state index contributed by atoms with van der Waals surface area (Å²) >= 11 is 8.22. The van der Waals surface area contributed by atoms with E-state index in [0.29, 0.717) is 35.2 Å². The zero-order chi connectivity index (χ0) is 15.4. The summed E-state index contributed by atoms with van der Waals surface area (Å²) in [7, 11) is 0. The molecule has 0 aliphatic heterocycles. The Labute approximate surface area is 144 Å². The number of carbonyl (C=O) groups excluding carboxylic acids is 1. The number of thiophene rings is 1. The van der Waals surface area contributed by atoms with Gasteiger partial charge < -0.3 is 9.47 Å². The topological polar surface area (TPSA) is 35.5 Å². The molecule has 0 unspecified atom stereocenters. The Morgan fingerprint density at radius 2 is 1.81 bits per heavy atom. The van der Waals surface area contributed by atoms with Gasteiger partial charge in [0.15, 0.2) is 11.5 Å². The Morgan fingerprint density at radius 1 is 1.14 bits per heavy atom. The summed E-state index contributed by atoms with van der Waals surface area (Å²) in [5, 5.41) is 1.88. The number of halogens is 2. The van der Waals surface area contributed by atoms with Crippen LogP contribution >= 0.6 is 43.2 Å². The summed E-state index contributed by atoms with van der Waals surface area (Å²) < 4.78 is 12.7. The molecule has 0 fully saturated rings. The molecule has 0 aliphatic rings. The van der Waals surface area contributed by atoms with Crippen LogP contribution in [-0.4, -0.2) is 19.0 Å². The lowest BCUT2D eigenvalue weighted by molar-refractivity contribution is 0.104. The Hall–Kier alpha value is -0.850. The van der Waals surface area contributed by atoms with E-state index in [2.05, 4.69) is 31.9 Å². The van der Waals surface area contributed by atoms with Gasteiger partial charge in [0, 0.05) is 15.4 Å². The van der Waals surface area contributed by atoms with Gasteiger partial charge >= 0.3 is 0 Å². The lowest BCUT2D eigenvalue weighted by Crippen LogP contribution is -2.03. The molecule has 2 aromatic rings. The van der Waals surface area contributed by atoms with Gasteiger partial charge in [-0.3, -0.25) is 4.79 Å². The minimum Gasteiger partial charge on any atom is -0.490 e. The smallest absolute Gasteiger partial charge is 0.204 e. The Bertz CT molecular complexity index is 652. The molecule has 1 aromatic carbocycles. The summed E-state index contributed by atoms with van der Waals surface area (Å²) in [5.74, 6) is 1.21. The van der Waals surface area contributed by atoms with Crippen LogP contribution in [0.4, 0.5) is 0 Å². The SMILES string of the molecule is CCOc1ccc(C(=O)c2scc(Br)c2Br)cc1OCC. The second-order valence-electron chi connectivity index (χ2n) is 4.08. The highest BCUT2D eigenvalue weighted by molar-refractivity contribution is 9.13. The van der Waals surface area contributed by atoms with E-state index in [1.54, 1.807) is 18.2 Å². The lowest BCUT2D eigenvalue weighted by atomic mass is 10.1. The van der Waals surface area contributed by atoms with Gasteiger partial charge in [-0.15, -0.1) is 11.3 Å². The molecule has 1 heterocycles. The quantitative estimate of drug-likeness (QED) is 0.579. The van der Waals surface area contributed by atoms with Crippen LogP contribution in [0.2, 0.25) is 0 Å². The van der Waals surface area contributed by atoms with Crippen molar-refractivity contribution in [1.29, 1.82) is 0 Å². The highest BCUT2D eigenvalue weighted by atomic mass is 79.9. The maximum Gasteiger partial charge on any atom is 0.204 e. The van der Waals surface area contributed by atoms with E-state index in [-0.39, 0.29) is 5.78 Å². The first-order chi connectivity index (χ1) is 10.1. The summed E-state index contributed by atoms with van der Waals surface area (Å²) in [4.78, 5) is 13.2. The van der Waals surface area contributed by atoms with Crippen LogP contribution in [0.1, 0.15) is 29.1 Å². The van der Waals surface area contributed by atoms with Gasteiger partial charge in [-0.1, -0.05) is 0 Å². The Kier molecular flexibility index (Phi) is 5.84. The molecule has 3 nitrogen and oxygen atoms in total. The molecule has 1 aromatic heterocycles. The van der Waals surface area contributed by atoms with Crippen molar-refractivity contribution in [3.8, 4) is 11.5 Å². The molecule has 0 N–H and O–H groups in total. The number of hydrogen-bond acceptors (Lipinski definition) is 4. The number of carbonyl (C=O) groups is 1. The molecule has 112 valence electrons. The van der Waals surface area contributed by atoms with Gasteiger partial charge in [-0.2, -0.15) is 0 Å². The van der Waals surface area contributed by atoms with Crippen molar-refractivity contribution in [2.24, 2.45) is 0 Å². The number of ketones is 1. The molecule has 0 spiro atoms. The summed E-state index contributed by atoms with van der Waals surface area (Å²) in [6, 6.07) is 5.27. The number of benzene rings is 1. The van der Waals surface area contributed by atoms with E-state index in [1.165, 1.54) is 11.3 Å². The molecule has 0 atom stereocenters.